The molecule has 0 aromatic heterocycles. The van der Waals surface area contributed by atoms with E-state index >= 15 is 0 Å². The highest BCUT2D eigenvalue weighted by Crippen LogP contribution is 2.11. The van der Waals surface area contributed by atoms with E-state index in [0.717, 1.165) is 13.0 Å². The molecule has 2 atom stereocenters. The first-order valence-electron chi connectivity index (χ1n) is 7.71. The van der Waals surface area contributed by atoms with E-state index in [0.29, 0.717) is 0 Å². The molecule has 0 amide bonds. The van der Waals surface area contributed by atoms with Crippen molar-refractivity contribution in [1.82, 2.24) is 4.90 Å². The van der Waals surface area contributed by atoms with Gasteiger partial charge >= 0.3 is 0 Å². The number of rotatable bonds is 12. The van der Waals surface area contributed by atoms with E-state index in [9.17, 15) is 10.2 Å². The Balaban J connectivity index is 3.33. The Morgan fingerprint density at radius 2 is 1.11 bits per heavy atom. The second-order valence-corrected chi connectivity index (χ2v) is 5.33. The molecule has 18 heavy (non-hydrogen) atoms. The van der Waals surface area contributed by atoms with Crippen molar-refractivity contribution in [3.05, 3.63) is 0 Å². The van der Waals surface area contributed by atoms with E-state index in [2.05, 4.69) is 6.92 Å². The zero-order valence-electron chi connectivity index (χ0n) is 12.6. The van der Waals surface area contributed by atoms with Gasteiger partial charge in [-0.2, -0.15) is 0 Å². The average molecular weight is 259 g/mol. The Bertz CT molecular complexity index is 164. The Morgan fingerprint density at radius 3 is 1.50 bits per heavy atom. The van der Waals surface area contributed by atoms with Crippen LogP contribution in [0.1, 0.15) is 78.6 Å². The van der Waals surface area contributed by atoms with E-state index in [1.54, 1.807) is 18.7 Å². The predicted molar refractivity (Wildman–Crippen MR) is 77.3 cm³/mol. The van der Waals surface area contributed by atoms with Gasteiger partial charge < -0.3 is 10.2 Å². The second-order valence-electron chi connectivity index (χ2n) is 5.33. The number of hydrogen-bond acceptors (Lipinski definition) is 3. The van der Waals surface area contributed by atoms with Gasteiger partial charge in [0.2, 0.25) is 0 Å². The normalized spacial score (nSPS) is 15.0. The predicted octanol–water partition coefficient (Wildman–Crippen LogP) is 3.50. The van der Waals surface area contributed by atoms with E-state index in [1.165, 1.54) is 51.4 Å². The highest BCUT2D eigenvalue weighted by atomic mass is 16.3. The molecule has 0 aromatic rings. The van der Waals surface area contributed by atoms with Crippen LogP contribution < -0.4 is 0 Å². The molecule has 0 bridgehead atoms. The Hall–Kier alpha value is -0.120. The minimum atomic E-state index is -0.556. The monoisotopic (exact) mass is 259 g/mol. The average Bonchev–Trinajstić information content (AvgIpc) is 2.30. The molecule has 0 spiro atoms. The molecule has 0 aliphatic carbocycles. The summed E-state index contributed by atoms with van der Waals surface area (Å²) in [5.74, 6) is 0. The van der Waals surface area contributed by atoms with Gasteiger partial charge in [0.25, 0.3) is 0 Å². The summed E-state index contributed by atoms with van der Waals surface area (Å²) in [5.41, 5.74) is 0. The van der Waals surface area contributed by atoms with E-state index in [4.69, 9.17) is 0 Å². The molecule has 0 aromatic carbocycles. The van der Waals surface area contributed by atoms with Crippen molar-refractivity contribution < 1.29 is 10.2 Å². The van der Waals surface area contributed by atoms with Crippen LogP contribution in [0.15, 0.2) is 0 Å². The highest BCUT2D eigenvalue weighted by molar-refractivity contribution is 4.59. The summed E-state index contributed by atoms with van der Waals surface area (Å²) in [6.07, 6.45) is 10.6. The molecule has 0 saturated heterocycles. The molecule has 110 valence electrons. The molecule has 0 aliphatic heterocycles. The number of aliphatic hydroxyl groups excluding tert-OH is 2. The minimum absolute atomic E-state index is 0.556. The number of unbranched alkanes of at least 4 members (excludes halogenated alkanes) is 8. The Kier molecular flexibility index (Phi) is 11.9. The first-order chi connectivity index (χ1) is 8.59. The molecule has 0 fully saturated rings. The highest BCUT2D eigenvalue weighted by Gasteiger charge is 2.14. The third-order valence-corrected chi connectivity index (χ3v) is 3.48. The van der Waals surface area contributed by atoms with Crippen LogP contribution >= 0.6 is 0 Å². The first kappa shape index (κ1) is 17.9. The Labute approximate surface area is 113 Å². The number of aliphatic hydroxyl groups is 2. The molecule has 2 N–H and O–H groups in total. The summed E-state index contributed by atoms with van der Waals surface area (Å²) in [5, 5.41) is 18.9. The van der Waals surface area contributed by atoms with E-state index < -0.39 is 12.5 Å². The van der Waals surface area contributed by atoms with Gasteiger partial charge in [-0.3, -0.25) is 4.90 Å². The molecule has 0 heterocycles. The summed E-state index contributed by atoms with van der Waals surface area (Å²) >= 11 is 0. The van der Waals surface area contributed by atoms with Crippen molar-refractivity contribution in [3.63, 3.8) is 0 Å². The third-order valence-electron chi connectivity index (χ3n) is 3.48. The van der Waals surface area contributed by atoms with Gasteiger partial charge in [0.1, 0.15) is 12.5 Å². The first-order valence-corrected chi connectivity index (χ1v) is 7.71. The number of hydrogen-bond donors (Lipinski definition) is 2. The molecule has 2 unspecified atom stereocenters. The molecule has 3 nitrogen and oxygen atoms in total. The maximum Gasteiger partial charge on any atom is 0.106 e. The standard InChI is InChI=1S/C15H33NO2/c1-4-5-6-7-8-9-10-11-12-13-16(14(2)17)15(3)18/h14-15,17-18H,4-13H2,1-3H3. The molecule has 0 rings (SSSR count). The minimum Gasteiger partial charge on any atom is -0.379 e. The topological polar surface area (TPSA) is 43.7 Å². The van der Waals surface area contributed by atoms with Crippen LogP contribution in [0.4, 0.5) is 0 Å². The lowest BCUT2D eigenvalue weighted by molar-refractivity contribution is -0.0844. The SMILES string of the molecule is CCCCCCCCCCCN(C(C)O)C(C)O. The third kappa shape index (κ3) is 9.86. The van der Waals surface area contributed by atoms with Gasteiger partial charge in [0.05, 0.1) is 0 Å². The molecular weight excluding hydrogens is 226 g/mol. The van der Waals surface area contributed by atoms with Gasteiger partial charge in [-0.1, -0.05) is 58.3 Å². The lowest BCUT2D eigenvalue weighted by Gasteiger charge is -2.27. The zero-order chi connectivity index (χ0) is 13.8. The van der Waals surface area contributed by atoms with Crippen LogP contribution in [0.25, 0.3) is 0 Å². The van der Waals surface area contributed by atoms with E-state index in [1.807, 2.05) is 0 Å². The van der Waals surface area contributed by atoms with Crippen molar-refractivity contribution in [2.45, 2.75) is 91.0 Å². The van der Waals surface area contributed by atoms with Gasteiger partial charge in [-0.15, -0.1) is 0 Å². The summed E-state index contributed by atoms with van der Waals surface area (Å²) in [7, 11) is 0. The fourth-order valence-electron chi connectivity index (χ4n) is 2.29. The van der Waals surface area contributed by atoms with Crippen LogP contribution in [-0.2, 0) is 0 Å². The Morgan fingerprint density at radius 1 is 0.722 bits per heavy atom. The van der Waals surface area contributed by atoms with Crippen LogP contribution in [0.3, 0.4) is 0 Å². The van der Waals surface area contributed by atoms with Crippen molar-refractivity contribution in [2.24, 2.45) is 0 Å². The van der Waals surface area contributed by atoms with Crippen LogP contribution in [0.2, 0.25) is 0 Å². The fraction of sp³-hybridized carbons (Fsp3) is 1.00. The summed E-state index contributed by atoms with van der Waals surface area (Å²) in [6, 6.07) is 0. The van der Waals surface area contributed by atoms with Gasteiger partial charge in [-0.05, 0) is 20.3 Å². The second kappa shape index (κ2) is 11.9. The smallest absolute Gasteiger partial charge is 0.106 e. The fourth-order valence-corrected chi connectivity index (χ4v) is 2.29. The molecule has 0 aliphatic rings. The lowest BCUT2D eigenvalue weighted by atomic mass is 10.1. The quantitative estimate of drug-likeness (QED) is 0.416. The van der Waals surface area contributed by atoms with Crippen molar-refractivity contribution >= 4 is 0 Å². The largest absolute Gasteiger partial charge is 0.379 e. The zero-order valence-corrected chi connectivity index (χ0v) is 12.6. The van der Waals surface area contributed by atoms with Crippen LogP contribution in [0, 0.1) is 0 Å². The van der Waals surface area contributed by atoms with E-state index in [-0.39, 0.29) is 0 Å². The van der Waals surface area contributed by atoms with Crippen molar-refractivity contribution in [1.29, 1.82) is 0 Å². The van der Waals surface area contributed by atoms with Crippen LogP contribution in [0.5, 0.6) is 0 Å². The molecule has 3 heteroatoms. The van der Waals surface area contributed by atoms with Gasteiger partial charge in [0, 0.05) is 6.54 Å². The van der Waals surface area contributed by atoms with Crippen LogP contribution in [-0.4, -0.2) is 34.1 Å². The summed E-state index contributed by atoms with van der Waals surface area (Å²) in [6.45, 7) is 6.45. The molecule has 0 radical (unpaired) electrons. The van der Waals surface area contributed by atoms with Crippen molar-refractivity contribution in [2.75, 3.05) is 6.54 Å². The lowest BCUT2D eigenvalue weighted by Crippen LogP contribution is -2.40. The molecular formula is C15H33NO2. The summed E-state index contributed by atoms with van der Waals surface area (Å²) in [4.78, 5) is 1.72. The summed E-state index contributed by atoms with van der Waals surface area (Å²) < 4.78 is 0. The maximum absolute atomic E-state index is 9.47. The number of nitrogens with zero attached hydrogens (tertiary/aromatic N) is 1. The molecule has 0 saturated carbocycles. The van der Waals surface area contributed by atoms with Gasteiger partial charge in [-0.25, -0.2) is 0 Å². The maximum atomic E-state index is 9.47. The van der Waals surface area contributed by atoms with Gasteiger partial charge in [0.15, 0.2) is 0 Å². The van der Waals surface area contributed by atoms with Crippen molar-refractivity contribution in [3.8, 4) is 0 Å².